The van der Waals surface area contributed by atoms with Crippen molar-refractivity contribution in [1.82, 2.24) is 9.97 Å². The van der Waals surface area contributed by atoms with E-state index in [1.54, 1.807) is 25.3 Å². The van der Waals surface area contributed by atoms with E-state index < -0.39 is 0 Å². The van der Waals surface area contributed by atoms with E-state index >= 15 is 0 Å². The Morgan fingerprint density at radius 3 is 2.75 bits per heavy atom. The molecule has 0 radical (unpaired) electrons. The number of hydrogen-bond acceptors (Lipinski definition) is 3. The molecule has 0 aliphatic carbocycles. The van der Waals surface area contributed by atoms with Crippen LogP contribution >= 0.6 is 15.9 Å². The number of phenolic OH excluding ortho intramolecular Hbond substituents is 1. The molecule has 0 saturated carbocycles. The van der Waals surface area contributed by atoms with Crippen LogP contribution in [0.3, 0.4) is 0 Å². The van der Waals surface area contributed by atoms with Crippen LogP contribution in [0.15, 0.2) is 34.8 Å². The Kier molecular flexibility index (Phi) is 3.14. The van der Waals surface area contributed by atoms with E-state index in [1.165, 1.54) is 0 Å². The lowest BCUT2D eigenvalue weighted by Gasteiger charge is -2.04. The fraction of sp³-hybridized carbons (Fsp3) is 0.133. The molecule has 2 aromatic carbocycles. The number of H-pyrrole nitrogens is 1. The van der Waals surface area contributed by atoms with Gasteiger partial charge in [-0.05, 0) is 36.8 Å². The third kappa shape index (κ3) is 2.14. The highest BCUT2D eigenvalue weighted by molar-refractivity contribution is 9.10. The molecule has 3 aromatic rings. The number of nitrogens with zero attached hydrogens (tertiary/aromatic N) is 1. The predicted molar refractivity (Wildman–Crippen MR) is 82.2 cm³/mol. The van der Waals surface area contributed by atoms with Gasteiger partial charge in [0.25, 0.3) is 0 Å². The van der Waals surface area contributed by atoms with E-state index in [9.17, 15) is 5.11 Å². The highest BCUT2D eigenvalue weighted by Gasteiger charge is 2.12. The fourth-order valence-electron chi connectivity index (χ4n) is 2.21. The van der Waals surface area contributed by atoms with Crippen LogP contribution in [0.5, 0.6) is 11.5 Å². The molecule has 102 valence electrons. The molecule has 1 heterocycles. The lowest BCUT2D eigenvalue weighted by molar-refractivity contribution is 0.408. The molecule has 20 heavy (non-hydrogen) atoms. The largest absolute Gasteiger partial charge is 0.507 e. The maximum Gasteiger partial charge on any atom is 0.142 e. The molecule has 0 fully saturated rings. The van der Waals surface area contributed by atoms with Crippen LogP contribution in [-0.4, -0.2) is 22.2 Å². The first-order valence-electron chi connectivity index (χ1n) is 6.11. The highest BCUT2D eigenvalue weighted by atomic mass is 79.9. The van der Waals surface area contributed by atoms with Crippen molar-refractivity contribution in [2.24, 2.45) is 0 Å². The zero-order chi connectivity index (χ0) is 14.3. The van der Waals surface area contributed by atoms with E-state index in [4.69, 9.17) is 4.74 Å². The fourth-order valence-corrected chi connectivity index (χ4v) is 2.79. The van der Waals surface area contributed by atoms with Crippen molar-refractivity contribution in [3.8, 4) is 22.9 Å². The molecule has 0 unspecified atom stereocenters. The number of aromatic hydroxyl groups is 1. The molecule has 0 atom stereocenters. The molecular formula is C15H13BrN2O2. The number of imidazole rings is 1. The number of nitrogens with one attached hydrogen (secondary N) is 1. The Balaban J connectivity index is 2.17. The minimum atomic E-state index is 0.139. The molecule has 0 saturated heterocycles. The summed E-state index contributed by atoms with van der Waals surface area (Å²) in [4.78, 5) is 7.79. The highest BCUT2D eigenvalue weighted by Crippen LogP contribution is 2.33. The smallest absolute Gasteiger partial charge is 0.142 e. The Bertz CT molecular complexity index is 796. The summed E-state index contributed by atoms with van der Waals surface area (Å²) in [5.74, 6) is 1.39. The summed E-state index contributed by atoms with van der Waals surface area (Å²) in [5, 5.41) is 10.1. The zero-order valence-electron chi connectivity index (χ0n) is 11.1. The lowest BCUT2D eigenvalue weighted by atomic mass is 10.2. The van der Waals surface area contributed by atoms with Crippen LogP contribution < -0.4 is 4.74 Å². The zero-order valence-corrected chi connectivity index (χ0v) is 12.7. The van der Waals surface area contributed by atoms with Gasteiger partial charge in [-0.1, -0.05) is 15.9 Å². The van der Waals surface area contributed by atoms with E-state index in [0.29, 0.717) is 17.1 Å². The second kappa shape index (κ2) is 4.83. The Morgan fingerprint density at radius 2 is 2.05 bits per heavy atom. The van der Waals surface area contributed by atoms with E-state index in [2.05, 4.69) is 25.9 Å². The summed E-state index contributed by atoms with van der Waals surface area (Å²) in [6, 6.07) is 9.15. The van der Waals surface area contributed by atoms with Crippen LogP contribution in [0.25, 0.3) is 22.4 Å². The summed E-state index contributed by atoms with van der Waals surface area (Å²) in [6.07, 6.45) is 0. The monoisotopic (exact) mass is 332 g/mol. The number of methoxy groups -OCH3 is 1. The summed E-state index contributed by atoms with van der Waals surface area (Å²) in [7, 11) is 1.57. The van der Waals surface area contributed by atoms with Crippen LogP contribution in [0, 0.1) is 6.92 Å². The number of ether oxygens (including phenoxy) is 1. The number of aromatic nitrogens is 2. The molecule has 0 aliphatic rings. The first kappa shape index (κ1) is 13.0. The van der Waals surface area contributed by atoms with Gasteiger partial charge in [0.2, 0.25) is 0 Å². The maximum atomic E-state index is 10.1. The van der Waals surface area contributed by atoms with Crippen molar-refractivity contribution in [2.45, 2.75) is 6.92 Å². The number of benzene rings is 2. The molecule has 1 aromatic heterocycles. The van der Waals surface area contributed by atoms with Gasteiger partial charge in [0.1, 0.15) is 17.3 Å². The molecule has 4 nitrogen and oxygen atoms in total. The van der Waals surface area contributed by atoms with E-state index in [-0.39, 0.29) is 5.75 Å². The summed E-state index contributed by atoms with van der Waals surface area (Å²) in [6.45, 7) is 2.01. The van der Waals surface area contributed by atoms with Gasteiger partial charge in [-0.15, -0.1) is 0 Å². The van der Waals surface area contributed by atoms with E-state index in [0.717, 1.165) is 21.1 Å². The van der Waals surface area contributed by atoms with Crippen molar-refractivity contribution in [3.63, 3.8) is 0 Å². The first-order chi connectivity index (χ1) is 9.58. The Hall–Kier alpha value is -2.01. The van der Waals surface area contributed by atoms with Crippen LogP contribution in [-0.2, 0) is 0 Å². The molecule has 3 rings (SSSR count). The van der Waals surface area contributed by atoms with Gasteiger partial charge in [-0.25, -0.2) is 4.98 Å². The molecule has 0 spiro atoms. The van der Waals surface area contributed by atoms with Gasteiger partial charge in [0.15, 0.2) is 0 Å². The third-order valence-corrected chi connectivity index (χ3v) is 3.66. The summed E-state index contributed by atoms with van der Waals surface area (Å²) >= 11 is 3.47. The topological polar surface area (TPSA) is 58.1 Å². The molecular weight excluding hydrogens is 320 g/mol. The van der Waals surface area contributed by atoms with Crippen molar-refractivity contribution in [1.29, 1.82) is 0 Å². The van der Waals surface area contributed by atoms with Gasteiger partial charge in [-0.3, -0.25) is 0 Å². The maximum absolute atomic E-state index is 10.1. The van der Waals surface area contributed by atoms with Gasteiger partial charge in [0, 0.05) is 10.5 Å². The van der Waals surface area contributed by atoms with Crippen LogP contribution in [0.1, 0.15) is 5.56 Å². The summed E-state index contributed by atoms with van der Waals surface area (Å²) in [5.41, 5.74) is 3.56. The number of aromatic amines is 1. The van der Waals surface area contributed by atoms with Crippen molar-refractivity contribution in [3.05, 3.63) is 40.4 Å². The number of phenols is 1. The number of rotatable bonds is 2. The molecule has 2 N–H and O–H groups in total. The van der Waals surface area contributed by atoms with Crippen LogP contribution in [0.2, 0.25) is 0 Å². The van der Waals surface area contributed by atoms with Gasteiger partial charge >= 0.3 is 0 Å². The molecule has 5 heteroatoms. The minimum Gasteiger partial charge on any atom is -0.507 e. The molecule has 0 aliphatic heterocycles. The number of fused-ring (bicyclic) bond motifs is 1. The standard InChI is InChI=1S/C15H13BrN2O2/c1-8-5-9(16)6-12-14(8)18-15(17-12)11-4-3-10(20-2)7-13(11)19/h3-7,19H,1-2H3,(H,17,18). The number of halogens is 1. The van der Waals surface area contributed by atoms with E-state index in [1.807, 2.05) is 19.1 Å². The lowest BCUT2D eigenvalue weighted by Crippen LogP contribution is -1.85. The molecule has 0 amide bonds. The quantitative estimate of drug-likeness (QED) is 0.745. The number of aryl methyl sites for hydroxylation is 1. The van der Waals surface area contributed by atoms with Crippen molar-refractivity contribution < 1.29 is 9.84 Å². The van der Waals surface area contributed by atoms with Gasteiger partial charge in [0.05, 0.1) is 23.7 Å². The Morgan fingerprint density at radius 1 is 1.25 bits per heavy atom. The number of hydrogen-bond donors (Lipinski definition) is 2. The third-order valence-electron chi connectivity index (χ3n) is 3.20. The van der Waals surface area contributed by atoms with Gasteiger partial charge in [-0.2, -0.15) is 0 Å². The van der Waals surface area contributed by atoms with Crippen molar-refractivity contribution in [2.75, 3.05) is 7.11 Å². The van der Waals surface area contributed by atoms with Crippen LogP contribution in [0.4, 0.5) is 0 Å². The predicted octanol–water partition coefficient (Wildman–Crippen LogP) is 4.02. The average molecular weight is 333 g/mol. The van der Waals surface area contributed by atoms with Crippen molar-refractivity contribution >= 4 is 27.0 Å². The normalized spacial score (nSPS) is 10.9. The SMILES string of the molecule is COc1ccc(-c2nc3c(C)cc(Br)cc3[nH]2)c(O)c1. The molecule has 0 bridgehead atoms. The summed E-state index contributed by atoms with van der Waals surface area (Å²) < 4.78 is 6.08. The first-order valence-corrected chi connectivity index (χ1v) is 6.91. The Labute approximate surface area is 124 Å². The average Bonchev–Trinajstić information content (AvgIpc) is 2.82. The minimum absolute atomic E-state index is 0.139. The second-order valence-electron chi connectivity index (χ2n) is 4.59. The van der Waals surface area contributed by atoms with Gasteiger partial charge < -0.3 is 14.8 Å². The second-order valence-corrected chi connectivity index (χ2v) is 5.50.